The first kappa shape index (κ1) is 47.3. The van der Waals surface area contributed by atoms with Crippen LogP contribution >= 0.6 is 46.4 Å². The fourth-order valence-electron chi connectivity index (χ4n) is 5.44. The minimum absolute atomic E-state index is 0. The van der Waals surface area contributed by atoms with Crippen LogP contribution in [0.3, 0.4) is 0 Å². The van der Waals surface area contributed by atoms with Gasteiger partial charge in [-0.1, -0.05) is 73.4 Å². The summed E-state index contributed by atoms with van der Waals surface area (Å²) in [7, 11) is 3.59. The standard InChI is InChI=1S/2C19H20Cl2F2NO3.2CH4/c1-24-8-15(20)14(16(21)9-24)7-17(25)11-2-5-18(27-19(22)23)12(6-11)10-26-13-3-4-13;1-24-8-14(20)13(15(21)9-24)7-16(25)12-4-5-17(27-19(22)23)18(6-12)26-10-11-2-3-11;;/h2,5-6,8-9,13,17,19,25H,3-4,7,10H2,1H3;4-6,8-9,11,16,19,25H,2-3,7,10H2,1H3;2*1H4/q2*+1;;/t17-;16-;;/m00../s1. The molecule has 4 aromatic rings. The minimum atomic E-state index is -2.95. The Labute approximate surface area is 345 Å². The largest absolute Gasteiger partial charge is 0.489 e. The fourth-order valence-corrected chi connectivity index (χ4v) is 6.87. The molecule has 2 saturated carbocycles. The Morgan fingerprint density at radius 2 is 1.11 bits per heavy atom. The van der Waals surface area contributed by atoms with Crippen LogP contribution in [0.5, 0.6) is 17.2 Å². The van der Waals surface area contributed by atoms with Gasteiger partial charge in [0.1, 0.15) is 39.9 Å². The number of aliphatic hydroxyl groups is 2. The molecule has 0 spiro atoms. The summed E-state index contributed by atoms with van der Waals surface area (Å²) in [5, 5.41) is 23.0. The highest BCUT2D eigenvalue weighted by Gasteiger charge is 2.26. The van der Waals surface area contributed by atoms with E-state index in [1.165, 1.54) is 24.3 Å². The number of hydrogen-bond acceptors (Lipinski definition) is 6. The van der Waals surface area contributed by atoms with Crippen LogP contribution in [-0.2, 0) is 38.3 Å². The highest BCUT2D eigenvalue weighted by molar-refractivity contribution is 6.36. The lowest BCUT2D eigenvalue weighted by molar-refractivity contribution is -0.671. The number of pyridine rings is 2. The van der Waals surface area contributed by atoms with Crippen molar-refractivity contribution in [1.82, 2.24) is 0 Å². The molecule has 16 heteroatoms. The summed E-state index contributed by atoms with van der Waals surface area (Å²) in [6, 6.07) is 9.02. The summed E-state index contributed by atoms with van der Waals surface area (Å²) in [6.07, 6.45) is 9.54. The molecule has 0 radical (unpaired) electrons. The van der Waals surface area contributed by atoms with Gasteiger partial charge in [-0.15, -0.1) is 0 Å². The second-order valence-electron chi connectivity index (χ2n) is 13.2. The van der Waals surface area contributed by atoms with Crippen molar-refractivity contribution < 1.29 is 55.9 Å². The lowest BCUT2D eigenvalue weighted by Crippen LogP contribution is -2.27. The number of hydrogen-bond donors (Lipinski definition) is 2. The fraction of sp³-hybridized carbons (Fsp3) is 0.450. The van der Waals surface area contributed by atoms with Crippen LogP contribution in [0.25, 0.3) is 0 Å². The molecule has 308 valence electrons. The minimum Gasteiger partial charge on any atom is -0.489 e. The van der Waals surface area contributed by atoms with Crippen molar-refractivity contribution in [3.05, 3.63) is 109 Å². The van der Waals surface area contributed by atoms with E-state index in [0.29, 0.717) is 60.4 Å². The molecule has 0 unspecified atom stereocenters. The number of nitrogens with zero attached hydrogens (tertiary/aromatic N) is 2. The second-order valence-corrected chi connectivity index (χ2v) is 14.9. The predicted octanol–water partition coefficient (Wildman–Crippen LogP) is 10.1. The Hall–Kier alpha value is -3.10. The van der Waals surface area contributed by atoms with Gasteiger partial charge in [0, 0.05) is 29.5 Å². The SMILES string of the molecule is C.C.C[n+]1cc(Cl)c(C[C@H](O)c2ccc(OC(F)F)c(COC3CC3)c2)c(Cl)c1.C[n+]1cc(Cl)c(C[C@H](O)c2ccc(OC(F)F)c(OCC3CC3)c2)c(Cl)c1. The Morgan fingerprint density at radius 1 is 0.661 bits per heavy atom. The quantitative estimate of drug-likeness (QED) is 0.0862. The smallest absolute Gasteiger partial charge is 0.387 e. The van der Waals surface area contributed by atoms with Crippen molar-refractivity contribution in [2.45, 2.75) is 91.5 Å². The van der Waals surface area contributed by atoms with Crippen molar-refractivity contribution in [3.8, 4) is 17.2 Å². The molecule has 2 atom stereocenters. The number of aromatic nitrogens is 2. The predicted molar refractivity (Wildman–Crippen MR) is 208 cm³/mol. The average molecular weight is 871 g/mol. The molecule has 8 nitrogen and oxygen atoms in total. The van der Waals surface area contributed by atoms with Crippen LogP contribution in [0.15, 0.2) is 61.2 Å². The van der Waals surface area contributed by atoms with Crippen molar-refractivity contribution >= 4 is 46.4 Å². The van der Waals surface area contributed by atoms with E-state index in [0.717, 1.165) is 25.7 Å². The zero-order valence-electron chi connectivity index (χ0n) is 29.3. The van der Waals surface area contributed by atoms with Crippen LogP contribution in [0.1, 0.15) is 80.6 Å². The van der Waals surface area contributed by atoms with Gasteiger partial charge in [-0.05, 0) is 67.0 Å². The molecule has 2 aliphatic rings. The third-order valence-electron chi connectivity index (χ3n) is 8.64. The molecule has 0 bridgehead atoms. The third-order valence-corrected chi connectivity index (χ3v) is 9.94. The summed E-state index contributed by atoms with van der Waals surface area (Å²) in [6.45, 7) is -5.29. The summed E-state index contributed by atoms with van der Waals surface area (Å²) in [4.78, 5) is 0. The van der Waals surface area contributed by atoms with Gasteiger partial charge < -0.3 is 29.2 Å². The monoisotopic (exact) mass is 868 g/mol. The van der Waals surface area contributed by atoms with Gasteiger partial charge in [0.2, 0.25) is 0 Å². The lowest BCUT2D eigenvalue weighted by Gasteiger charge is -2.17. The average Bonchev–Trinajstić information content (AvgIpc) is 4.03. The van der Waals surface area contributed by atoms with Crippen LogP contribution in [-0.4, -0.2) is 36.1 Å². The maximum absolute atomic E-state index is 12.6. The van der Waals surface area contributed by atoms with Crippen LogP contribution < -0.4 is 23.3 Å². The van der Waals surface area contributed by atoms with E-state index in [-0.39, 0.29) is 57.7 Å². The van der Waals surface area contributed by atoms with Gasteiger partial charge in [0.15, 0.2) is 36.3 Å². The van der Waals surface area contributed by atoms with Crippen LogP contribution in [0.4, 0.5) is 17.6 Å². The Balaban J connectivity index is 0.000000290. The van der Waals surface area contributed by atoms with Gasteiger partial charge in [-0.25, -0.2) is 9.13 Å². The zero-order chi connectivity index (χ0) is 39.1. The van der Waals surface area contributed by atoms with E-state index >= 15 is 0 Å². The molecule has 0 amide bonds. The molecule has 2 fully saturated rings. The summed E-state index contributed by atoms with van der Waals surface area (Å²) < 4.78 is 74.3. The zero-order valence-corrected chi connectivity index (χ0v) is 32.4. The van der Waals surface area contributed by atoms with Crippen molar-refractivity contribution in [1.29, 1.82) is 0 Å². The van der Waals surface area contributed by atoms with Gasteiger partial charge >= 0.3 is 13.2 Å². The van der Waals surface area contributed by atoms with Crippen LogP contribution in [0, 0.1) is 5.92 Å². The Morgan fingerprint density at radius 3 is 1.55 bits per heavy atom. The van der Waals surface area contributed by atoms with Crippen molar-refractivity contribution in [3.63, 3.8) is 0 Å². The van der Waals surface area contributed by atoms with Gasteiger partial charge in [-0.2, -0.15) is 17.6 Å². The third kappa shape index (κ3) is 14.1. The molecule has 0 saturated heterocycles. The number of aliphatic hydroxyl groups excluding tert-OH is 2. The topological polar surface area (TPSA) is 85.1 Å². The molecule has 2 N–H and O–H groups in total. The molecule has 2 aromatic carbocycles. The summed E-state index contributed by atoms with van der Waals surface area (Å²) in [5.74, 6) is 0.629. The number of halogens is 8. The number of aryl methyl sites for hydroxylation is 2. The van der Waals surface area contributed by atoms with Crippen LogP contribution in [0.2, 0.25) is 20.1 Å². The lowest BCUT2D eigenvalue weighted by atomic mass is 10.00. The number of rotatable bonds is 16. The van der Waals surface area contributed by atoms with Gasteiger partial charge in [0.25, 0.3) is 0 Å². The maximum atomic E-state index is 12.6. The summed E-state index contributed by atoms with van der Waals surface area (Å²) >= 11 is 24.9. The number of alkyl halides is 4. The van der Waals surface area contributed by atoms with Crippen molar-refractivity contribution in [2.75, 3.05) is 6.61 Å². The first-order chi connectivity index (χ1) is 25.7. The number of benzene rings is 2. The van der Waals surface area contributed by atoms with E-state index in [1.807, 2.05) is 0 Å². The molecule has 2 aliphatic carbocycles. The highest BCUT2D eigenvalue weighted by atomic mass is 35.5. The Kier molecular flexibility index (Phi) is 18.2. The van der Waals surface area contributed by atoms with Crippen molar-refractivity contribution in [2.24, 2.45) is 20.0 Å². The maximum Gasteiger partial charge on any atom is 0.387 e. The normalized spacial score (nSPS) is 14.6. The molecular formula is C40H48Cl4F4N2O6+2. The van der Waals surface area contributed by atoms with E-state index in [1.54, 1.807) is 60.1 Å². The molecule has 56 heavy (non-hydrogen) atoms. The van der Waals surface area contributed by atoms with E-state index in [2.05, 4.69) is 9.47 Å². The van der Waals surface area contributed by atoms with E-state index < -0.39 is 25.4 Å². The first-order valence-corrected chi connectivity index (χ1v) is 18.6. The Bertz CT molecular complexity index is 1720. The molecule has 6 rings (SSSR count). The molecule has 2 heterocycles. The van der Waals surface area contributed by atoms with E-state index in [9.17, 15) is 27.8 Å². The molecular weight excluding hydrogens is 822 g/mol. The molecule has 0 aliphatic heterocycles. The first-order valence-electron chi connectivity index (χ1n) is 17.1. The highest BCUT2D eigenvalue weighted by Crippen LogP contribution is 2.37. The molecule has 2 aromatic heterocycles. The second kappa shape index (κ2) is 21.6. The van der Waals surface area contributed by atoms with E-state index in [4.69, 9.17) is 55.9 Å². The van der Waals surface area contributed by atoms with Gasteiger partial charge in [0.05, 0.1) is 31.5 Å². The summed E-state index contributed by atoms with van der Waals surface area (Å²) in [5.41, 5.74) is 2.74. The van der Waals surface area contributed by atoms with Gasteiger partial charge in [-0.3, -0.25) is 0 Å². The number of ether oxygens (including phenoxy) is 4.